The molecular formula is C16H27N3. The fraction of sp³-hybridized carbons (Fsp3) is 0.438. The third-order valence-corrected chi connectivity index (χ3v) is 1.89. The monoisotopic (exact) mass is 261 g/mol. The van der Waals surface area contributed by atoms with Crippen LogP contribution in [0.25, 0.3) is 0 Å². The van der Waals surface area contributed by atoms with Gasteiger partial charge in [0.1, 0.15) is 6.33 Å². The van der Waals surface area contributed by atoms with Gasteiger partial charge in [0.05, 0.1) is 0 Å². The maximum absolute atomic E-state index is 3.89. The fourth-order valence-corrected chi connectivity index (χ4v) is 0.975. The molecule has 2 aromatic heterocycles. The molecule has 0 saturated heterocycles. The summed E-state index contributed by atoms with van der Waals surface area (Å²) in [7, 11) is 0. The van der Waals surface area contributed by atoms with Crippen molar-refractivity contribution in [1.82, 2.24) is 15.0 Å². The molecule has 0 radical (unpaired) electrons. The van der Waals surface area contributed by atoms with Crippen LogP contribution in [0.5, 0.6) is 0 Å². The summed E-state index contributed by atoms with van der Waals surface area (Å²) in [6, 6.07) is 5.92. The Morgan fingerprint density at radius 1 is 0.842 bits per heavy atom. The fourth-order valence-electron chi connectivity index (χ4n) is 0.975. The second-order valence-electron chi connectivity index (χ2n) is 3.06. The topological polar surface area (TPSA) is 38.7 Å². The van der Waals surface area contributed by atoms with Crippen molar-refractivity contribution in [2.45, 2.75) is 48.0 Å². The van der Waals surface area contributed by atoms with Gasteiger partial charge in [-0.2, -0.15) is 0 Å². The molecule has 0 atom stereocenters. The van der Waals surface area contributed by atoms with Crippen molar-refractivity contribution in [3.8, 4) is 0 Å². The highest BCUT2D eigenvalue weighted by Gasteiger charge is 1.80. The highest BCUT2D eigenvalue weighted by atomic mass is 14.8. The van der Waals surface area contributed by atoms with Crippen molar-refractivity contribution in [3.63, 3.8) is 0 Å². The summed E-state index contributed by atoms with van der Waals surface area (Å²) in [5.74, 6) is 0. The zero-order valence-corrected chi connectivity index (χ0v) is 13.1. The Labute approximate surface area is 118 Å². The van der Waals surface area contributed by atoms with Crippen LogP contribution in [0.1, 0.15) is 45.9 Å². The van der Waals surface area contributed by atoms with Gasteiger partial charge < -0.3 is 0 Å². The number of aryl methyl sites for hydroxylation is 2. The van der Waals surface area contributed by atoms with Gasteiger partial charge in [-0.3, -0.25) is 4.98 Å². The molecule has 0 fully saturated rings. The summed E-state index contributed by atoms with van der Waals surface area (Å²) in [5.41, 5.74) is 2.36. The first kappa shape index (κ1) is 19.6. The molecule has 0 aliphatic carbocycles. The average molecular weight is 261 g/mol. The van der Waals surface area contributed by atoms with E-state index >= 15 is 0 Å². The lowest BCUT2D eigenvalue weighted by atomic mass is 10.2. The molecule has 3 nitrogen and oxygen atoms in total. The van der Waals surface area contributed by atoms with E-state index in [4.69, 9.17) is 0 Å². The normalized spacial score (nSPS) is 7.68. The Bertz CT molecular complexity index is 360. The number of hydrogen-bond donors (Lipinski definition) is 0. The van der Waals surface area contributed by atoms with Crippen LogP contribution in [0.15, 0.2) is 43.1 Å². The SMILES string of the molecule is CC.CC.CCc1ccncc1.Cc1ccncn1. The van der Waals surface area contributed by atoms with Crippen LogP contribution >= 0.6 is 0 Å². The van der Waals surface area contributed by atoms with Gasteiger partial charge in [0.2, 0.25) is 0 Å². The van der Waals surface area contributed by atoms with E-state index in [0.717, 1.165) is 12.1 Å². The molecule has 106 valence electrons. The van der Waals surface area contributed by atoms with E-state index in [1.807, 2.05) is 65.2 Å². The summed E-state index contributed by atoms with van der Waals surface area (Å²) in [6.07, 6.45) is 8.00. The van der Waals surface area contributed by atoms with E-state index < -0.39 is 0 Å². The van der Waals surface area contributed by atoms with Crippen LogP contribution in [0.2, 0.25) is 0 Å². The molecule has 2 rings (SSSR count). The first-order valence-corrected chi connectivity index (χ1v) is 6.94. The summed E-state index contributed by atoms with van der Waals surface area (Å²) < 4.78 is 0. The quantitative estimate of drug-likeness (QED) is 0.759. The van der Waals surface area contributed by atoms with Gasteiger partial charge in [-0.1, -0.05) is 34.6 Å². The van der Waals surface area contributed by atoms with Crippen LogP contribution in [0, 0.1) is 6.92 Å². The van der Waals surface area contributed by atoms with Gasteiger partial charge in [-0.15, -0.1) is 0 Å². The summed E-state index contributed by atoms with van der Waals surface area (Å²) in [4.78, 5) is 11.5. The Morgan fingerprint density at radius 2 is 1.37 bits per heavy atom. The van der Waals surface area contributed by atoms with Crippen molar-refractivity contribution >= 4 is 0 Å². The van der Waals surface area contributed by atoms with Crippen molar-refractivity contribution < 1.29 is 0 Å². The zero-order chi connectivity index (χ0) is 14.9. The third-order valence-electron chi connectivity index (χ3n) is 1.89. The molecule has 0 aliphatic rings. The van der Waals surface area contributed by atoms with Gasteiger partial charge in [-0.25, -0.2) is 9.97 Å². The minimum absolute atomic E-state index is 1.01. The van der Waals surface area contributed by atoms with Crippen LogP contribution in [-0.4, -0.2) is 15.0 Å². The lowest BCUT2D eigenvalue weighted by Crippen LogP contribution is -1.77. The Balaban J connectivity index is 0. The van der Waals surface area contributed by atoms with Crippen molar-refractivity contribution in [1.29, 1.82) is 0 Å². The molecule has 2 heterocycles. The summed E-state index contributed by atoms with van der Waals surface area (Å²) in [6.45, 7) is 12.1. The first-order chi connectivity index (χ1) is 9.33. The molecule has 0 spiro atoms. The zero-order valence-electron chi connectivity index (χ0n) is 13.1. The van der Waals surface area contributed by atoms with Crippen LogP contribution in [0.4, 0.5) is 0 Å². The van der Waals surface area contributed by atoms with E-state index in [2.05, 4.69) is 21.9 Å². The minimum Gasteiger partial charge on any atom is -0.265 e. The molecule has 0 saturated carbocycles. The highest BCUT2D eigenvalue weighted by molar-refractivity contribution is 5.08. The van der Waals surface area contributed by atoms with Gasteiger partial charge in [0.15, 0.2) is 0 Å². The van der Waals surface area contributed by atoms with Gasteiger partial charge >= 0.3 is 0 Å². The van der Waals surface area contributed by atoms with E-state index in [1.165, 1.54) is 11.9 Å². The highest BCUT2D eigenvalue weighted by Crippen LogP contribution is 1.94. The molecule has 0 aromatic carbocycles. The molecule has 2 aromatic rings. The maximum Gasteiger partial charge on any atom is 0.115 e. The van der Waals surface area contributed by atoms with Gasteiger partial charge in [0, 0.05) is 24.3 Å². The largest absolute Gasteiger partial charge is 0.265 e. The van der Waals surface area contributed by atoms with Crippen molar-refractivity contribution in [3.05, 3.63) is 54.4 Å². The molecule has 0 aliphatic heterocycles. The summed E-state index contributed by atoms with van der Waals surface area (Å²) in [5, 5.41) is 0. The molecule has 0 amide bonds. The maximum atomic E-state index is 3.89. The number of pyridine rings is 1. The molecule has 0 bridgehead atoms. The molecule has 19 heavy (non-hydrogen) atoms. The second-order valence-corrected chi connectivity index (χ2v) is 3.06. The Hall–Kier alpha value is -1.77. The van der Waals surface area contributed by atoms with Crippen molar-refractivity contribution in [2.24, 2.45) is 0 Å². The smallest absolute Gasteiger partial charge is 0.115 e. The number of nitrogens with zero attached hydrogens (tertiary/aromatic N) is 3. The average Bonchev–Trinajstić information content (AvgIpc) is 2.53. The van der Waals surface area contributed by atoms with Crippen molar-refractivity contribution in [2.75, 3.05) is 0 Å². The Morgan fingerprint density at radius 3 is 1.63 bits per heavy atom. The third kappa shape index (κ3) is 12.5. The Kier molecular flexibility index (Phi) is 16.7. The number of rotatable bonds is 1. The van der Waals surface area contributed by atoms with Crippen LogP contribution < -0.4 is 0 Å². The molecule has 0 N–H and O–H groups in total. The molecule has 0 unspecified atom stereocenters. The number of aromatic nitrogens is 3. The predicted molar refractivity (Wildman–Crippen MR) is 83.1 cm³/mol. The standard InChI is InChI=1S/C7H9N.C5H6N2.2C2H6/c1-2-7-3-5-8-6-4-7;1-5-2-3-6-4-7-5;2*1-2/h3-6H,2H2,1H3;2-4H,1H3;2*1-2H3. The lowest BCUT2D eigenvalue weighted by molar-refractivity contribution is 1.10. The second kappa shape index (κ2) is 16.2. The lowest BCUT2D eigenvalue weighted by Gasteiger charge is -1.89. The van der Waals surface area contributed by atoms with E-state index in [0.29, 0.717) is 0 Å². The molecule has 3 heteroatoms. The van der Waals surface area contributed by atoms with Gasteiger partial charge in [-0.05, 0) is 37.1 Å². The van der Waals surface area contributed by atoms with E-state index in [9.17, 15) is 0 Å². The predicted octanol–water partition coefficient (Wildman–Crippen LogP) is 4.48. The minimum atomic E-state index is 1.01. The van der Waals surface area contributed by atoms with Gasteiger partial charge in [0.25, 0.3) is 0 Å². The first-order valence-electron chi connectivity index (χ1n) is 6.94. The van der Waals surface area contributed by atoms with Crippen LogP contribution in [-0.2, 0) is 6.42 Å². The van der Waals surface area contributed by atoms with E-state index in [-0.39, 0.29) is 0 Å². The van der Waals surface area contributed by atoms with Crippen LogP contribution in [0.3, 0.4) is 0 Å². The summed E-state index contributed by atoms with van der Waals surface area (Å²) >= 11 is 0. The number of hydrogen-bond acceptors (Lipinski definition) is 3. The van der Waals surface area contributed by atoms with E-state index in [1.54, 1.807) is 6.20 Å². The molecular weight excluding hydrogens is 234 g/mol.